The molecule has 0 atom stereocenters. The number of primary sulfonamides is 1. The van der Waals surface area contributed by atoms with Crippen LogP contribution < -0.4 is 5.14 Å². The fourth-order valence-corrected chi connectivity index (χ4v) is 2.44. The van der Waals surface area contributed by atoms with Gasteiger partial charge in [-0.25, -0.2) is 18.4 Å². The topological polar surface area (TPSA) is 117 Å². The summed E-state index contributed by atoms with van der Waals surface area (Å²) in [6, 6.07) is 5.92. The molecule has 2 rings (SSSR count). The number of fused-ring (bicyclic) bond motifs is 1. The first kappa shape index (κ1) is 12.3. The summed E-state index contributed by atoms with van der Waals surface area (Å²) in [4.78, 5) is 10.5. The van der Waals surface area contributed by atoms with Crippen molar-refractivity contribution < 1.29 is 23.4 Å². The van der Waals surface area contributed by atoms with Crippen LogP contribution in [0.4, 0.5) is 0 Å². The maximum absolute atomic E-state index is 11.4. The van der Waals surface area contributed by atoms with Crippen LogP contribution in [0.25, 0.3) is 10.8 Å². The van der Waals surface area contributed by atoms with Gasteiger partial charge >= 0.3 is 5.97 Å². The van der Waals surface area contributed by atoms with Gasteiger partial charge in [-0.2, -0.15) is 0 Å². The largest absolute Gasteiger partial charge is 0.478 e. The summed E-state index contributed by atoms with van der Waals surface area (Å²) in [6.45, 7) is 0. The van der Waals surface area contributed by atoms with Gasteiger partial charge in [0.05, 0.1) is 10.5 Å². The molecule has 0 aromatic heterocycles. The van der Waals surface area contributed by atoms with E-state index in [1.165, 1.54) is 18.2 Å². The minimum atomic E-state index is -4.10. The third-order valence-electron chi connectivity index (χ3n) is 2.44. The Bertz CT molecular complexity index is 751. The van der Waals surface area contributed by atoms with Gasteiger partial charge in [-0.3, -0.25) is 5.11 Å². The van der Waals surface area contributed by atoms with E-state index in [0.717, 1.165) is 12.1 Å². The second-order valence-corrected chi connectivity index (χ2v) is 5.24. The van der Waals surface area contributed by atoms with E-state index in [9.17, 15) is 18.3 Å². The Morgan fingerprint density at radius 1 is 1.17 bits per heavy atom. The number of benzene rings is 2. The van der Waals surface area contributed by atoms with Gasteiger partial charge in [0, 0.05) is 5.39 Å². The quantitative estimate of drug-likeness (QED) is 0.852. The predicted octanol–water partition coefficient (Wildman–Crippen LogP) is 1.33. The second-order valence-electron chi connectivity index (χ2n) is 3.71. The molecule has 0 aliphatic rings. The van der Waals surface area contributed by atoms with Crippen LogP contribution in [0.3, 0.4) is 0 Å². The van der Waals surface area contributed by atoms with Crippen molar-refractivity contribution in [3.8, 4) is 5.75 Å². The molecule has 0 saturated heterocycles. The van der Waals surface area contributed by atoms with E-state index in [1.807, 2.05) is 0 Å². The lowest BCUT2D eigenvalue weighted by Crippen LogP contribution is -2.13. The zero-order valence-electron chi connectivity index (χ0n) is 8.95. The zero-order chi connectivity index (χ0) is 13.5. The van der Waals surface area contributed by atoms with E-state index in [4.69, 9.17) is 10.2 Å². The predicted molar refractivity (Wildman–Crippen MR) is 62.4 cm³/mol. The van der Waals surface area contributed by atoms with Gasteiger partial charge in [0.2, 0.25) is 10.0 Å². The first-order chi connectivity index (χ1) is 8.29. The molecular formula is C11H8NO5S. The van der Waals surface area contributed by atoms with Crippen LogP contribution in [0.15, 0.2) is 35.2 Å². The van der Waals surface area contributed by atoms with Crippen molar-refractivity contribution in [3.63, 3.8) is 0 Å². The molecule has 7 heteroatoms. The monoisotopic (exact) mass is 266 g/mol. The van der Waals surface area contributed by atoms with Crippen molar-refractivity contribution in [2.45, 2.75) is 4.90 Å². The van der Waals surface area contributed by atoms with Gasteiger partial charge < -0.3 is 5.11 Å². The molecule has 0 bridgehead atoms. The van der Waals surface area contributed by atoms with Crippen molar-refractivity contribution >= 4 is 26.8 Å². The molecule has 0 spiro atoms. The van der Waals surface area contributed by atoms with Gasteiger partial charge in [-0.15, -0.1) is 0 Å². The molecule has 3 N–H and O–H groups in total. The smallest absolute Gasteiger partial charge is 0.335 e. The minimum Gasteiger partial charge on any atom is -0.478 e. The molecule has 6 nitrogen and oxygen atoms in total. The van der Waals surface area contributed by atoms with Crippen LogP contribution >= 0.6 is 0 Å². The second kappa shape index (κ2) is 3.97. The van der Waals surface area contributed by atoms with Gasteiger partial charge in [0.25, 0.3) is 0 Å². The van der Waals surface area contributed by atoms with Crippen LogP contribution in [0.2, 0.25) is 0 Å². The average molecular weight is 266 g/mol. The third kappa shape index (κ3) is 2.13. The Balaban J connectivity index is 2.95. The maximum atomic E-state index is 11.4. The van der Waals surface area contributed by atoms with Crippen molar-refractivity contribution in [2.24, 2.45) is 5.14 Å². The number of rotatable bonds is 2. The number of hydrogen-bond donors (Lipinski definition) is 2. The van der Waals surface area contributed by atoms with Crippen LogP contribution in [0, 0.1) is 0 Å². The number of hydrogen-bond acceptors (Lipinski definition) is 3. The van der Waals surface area contributed by atoms with Crippen LogP contribution in [-0.4, -0.2) is 19.5 Å². The zero-order valence-corrected chi connectivity index (χ0v) is 9.77. The summed E-state index contributed by atoms with van der Waals surface area (Å²) in [5.74, 6) is -1.65. The van der Waals surface area contributed by atoms with Crippen molar-refractivity contribution in [3.05, 3.63) is 35.9 Å². The Morgan fingerprint density at radius 2 is 1.83 bits per heavy atom. The van der Waals surface area contributed by atoms with Crippen molar-refractivity contribution in [1.82, 2.24) is 0 Å². The molecule has 0 fully saturated rings. The summed E-state index contributed by atoms with van der Waals surface area (Å²) < 4.78 is 22.8. The summed E-state index contributed by atoms with van der Waals surface area (Å²) in [6.07, 6.45) is 0. The number of carboxylic acids is 1. The highest BCUT2D eigenvalue weighted by Crippen LogP contribution is 2.27. The van der Waals surface area contributed by atoms with Gasteiger partial charge in [-0.1, -0.05) is 6.07 Å². The molecule has 1 radical (unpaired) electrons. The maximum Gasteiger partial charge on any atom is 0.335 e. The minimum absolute atomic E-state index is 0.120. The van der Waals surface area contributed by atoms with E-state index in [1.54, 1.807) is 0 Å². The summed E-state index contributed by atoms with van der Waals surface area (Å²) >= 11 is 0. The van der Waals surface area contributed by atoms with Crippen LogP contribution in [0.5, 0.6) is 5.75 Å². The van der Waals surface area contributed by atoms with Gasteiger partial charge in [0.1, 0.15) is 0 Å². The lowest BCUT2D eigenvalue weighted by molar-refractivity contribution is 0.0697. The number of carbonyl (C=O) groups is 1. The molecule has 0 saturated carbocycles. The van der Waals surface area contributed by atoms with E-state index in [2.05, 4.69) is 0 Å². The molecule has 0 amide bonds. The molecular weight excluding hydrogens is 258 g/mol. The van der Waals surface area contributed by atoms with Gasteiger partial charge in [-0.05, 0) is 29.7 Å². The molecule has 93 valence electrons. The van der Waals surface area contributed by atoms with E-state index < -0.39 is 16.0 Å². The molecule has 2 aromatic rings. The SMILES string of the molecule is NS(=O)(=O)c1cc(C(=O)O)cc2ccc([O])cc12. The summed E-state index contributed by atoms with van der Waals surface area (Å²) in [5.41, 5.74) is -0.204. The van der Waals surface area contributed by atoms with Crippen LogP contribution in [-0.2, 0) is 15.1 Å². The van der Waals surface area contributed by atoms with E-state index in [-0.39, 0.29) is 21.6 Å². The van der Waals surface area contributed by atoms with Crippen molar-refractivity contribution in [2.75, 3.05) is 0 Å². The molecule has 0 heterocycles. The fourth-order valence-electron chi connectivity index (χ4n) is 1.66. The highest BCUT2D eigenvalue weighted by Gasteiger charge is 2.17. The Hall–Kier alpha value is -2.12. The van der Waals surface area contributed by atoms with Gasteiger partial charge in [0.15, 0.2) is 5.75 Å². The Kier molecular flexibility index (Phi) is 2.72. The number of carboxylic acid groups (broad SMARTS) is 1. The number of nitrogens with two attached hydrogens (primary N) is 1. The summed E-state index contributed by atoms with van der Waals surface area (Å²) in [7, 11) is -4.10. The summed E-state index contributed by atoms with van der Waals surface area (Å²) in [5, 5.41) is 25.6. The lowest BCUT2D eigenvalue weighted by atomic mass is 10.1. The number of aromatic carboxylic acids is 1. The number of sulfonamides is 1. The Labute approximate surface area is 102 Å². The van der Waals surface area contributed by atoms with Crippen molar-refractivity contribution in [1.29, 1.82) is 0 Å². The fraction of sp³-hybridized carbons (Fsp3) is 0. The molecule has 0 unspecified atom stereocenters. The average Bonchev–Trinajstić information content (AvgIpc) is 2.26. The first-order valence-corrected chi connectivity index (χ1v) is 6.34. The molecule has 0 aliphatic carbocycles. The normalized spacial score (nSPS) is 11.6. The Morgan fingerprint density at radius 3 is 2.39 bits per heavy atom. The standard InChI is InChI=1S/C11H8NO5S/c12-18(16,17)10-4-7(11(14)15)3-6-1-2-8(13)5-9(6)10/h1-5H,(H,14,15)(H2,12,16,17). The highest BCUT2D eigenvalue weighted by molar-refractivity contribution is 7.89. The first-order valence-electron chi connectivity index (χ1n) is 4.80. The molecule has 0 aliphatic heterocycles. The third-order valence-corrected chi connectivity index (χ3v) is 3.39. The molecule has 2 aromatic carbocycles. The molecule has 18 heavy (non-hydrogen) atoms. The lowest BCUT2D eigenvalue weighted by Gasteiger charge is -2.06. The van der Waals surface area contributed by atoms with E-state index >= 15 is 0 Å². The highest BCUT2D eigenvalue weighted by atomic mass is 32.2. The van der Waals surface area contributed by atoms with Crippen LogP contribution in [0.1, 0.15) is 10.4 Å². The van der Waals surface area contributed by atoms with E-state index in [0.29, 0.717) is 5.39 Å².